The van der Waals surface area contributed by atoms with Crippen molar-refractivity contribution in [3.8, 4) is 5.75 Å². The van der Waals surface area contributed by atoms with Gasteiger partial charge in [-0.15, -0.1) is 0 Å². The normalized spacial score (nSPS) is 11.6. The molecule has 0 radical (unpaired) electrons. The van der Waals surface area contributed by atoms with Crippen LogP contribution in [0.1, 0.15) is 54.1 Å². The van der Waals surface area contributed by atoms with Gasteiger partial charge in [0.1, 0.15) is 5.75 Å². The van der Waals surface area contributed by atoms with Gasteiger partial charge in [-0.1, -0.05) is 58.2 Å². The Morgan fingerprint density at radius 1 is 1.20 bits per heavy atom. The molecule has 112 valence electrons. The number of phenolic OH excluding ortho intramolecular Hbond substituents is 1. The molecule has 20 heavy (non-hydrogen) atoms. The number of phenols is 1. The van der Waals surface area contributed by atoms with Crippen molar-refractivity contribution in [2.24, 2.45) is 0 Å². The third kappa shape index (κ3) is 4.58. The zero-order valence-corrected chi connectivity index (χ0v) is 16.4. The first-order valence-electron chi connectivity index (χ1n) is 6.89. The molecule has 0 saturated carbocycles. The zero-order chi connectivity index (χ0) is 15.2. The SMILES string of the molecule is Cc1cc(C(C)(CCCI)CCCI)cc(C=O)c1O. The van der Waals surface area contributed by atoms with E-state index in [0.29, 0.717) is 5.56 Å². The Balaban J connectivity index is 3.18. The zero-order valence-electron chi connectivity index (χ0n) is 12.1. The van der Waals surface area contributed by atoms with Gasteiger partial charge in [0.15, 0.2) is 6.29 Å². The molecule has 4 heteroatoms. The number of aromatic hydroxyl groups is 1. The first-order valence-corrected chi connectivity index (χ1v) is 9.95. The molecule has 1 aromatic rings. The van der Waals surface area contributed by atoms with E-state index in [1.165, 1.54) is 18.4 Å². The van der Waals surface area contributed by atoms with Crippen molar-refractivity contribution < 1.29 is 9.90 Å². The lowest BCUT2D eigenvalue weighted by Crippen LogP contribution is -2.23. The summed E-state index contributed by atoms with van der Waals surface area (Å²) < 4.78 is 2.30. The molecule has 0 aliphatic carbocycles. The number of benzene rings is 1. The molecule has 1 aromatic carbocycles. The largest absolute Gasteiger partial charge is 0.507 e. The van der Waals surface area contributed by atoms with Gasteiger partial charge in [0, 0.05) is 0 Å². The predicted octanol–water partition coefficient (Wildman–Crippen LogP) is 5.20. The summed E-state index contributed by atoms with van der Waals surface area (Å²) in [4.78, 5) is 11.1. The molecule has 0 aliphatic rings. The highest BCUT2D eigenvalue weighted by Gasteiger charge is 2.27. The second kappa shape index (κ2) is 8.56. The van der Waals surface area contributed by atoms with Crippen molar-refractivity contribution in [3.63, 3.8) is 0 Å². The van der Waals surface area contributed by atoms with Crippen LogP contribution in [0.15, 0.2) is 12.1 Å². The summed E-state index contributed by atoms with van der Waals surface area (Å²) in [5.41, 5.74) is 2.48. The molecule has 1 N–H and O–H groups in total. The number of halogens is 2. The number of rotatable bonds is 8. The molecule has 0 unspecified atom stereocenters. The van der Waals surface area contributed by atoms with Gasteiger partial charge in [-0.3, -0.25) is 4.79 Å². The summed E-state index contributed by atoms with van der Waals surface area (Å²) in [6.45, 7) is 4.15. The molecular weight excluding hydrogens is 478 g/mol. The summed E-state index contributed by atoms with van der Waals surface area (Å²) in [5.74, 6) is 0.119. The minimum atomic E-state index is 0.0898. The number of alkyl halides is 2. The van der Waals surface area contributed by atoms with Gasteiger partial charge in [-0.25, -0.2) is 0 Å². The standard InChI is InChI=1S/C16H22I2O2/c1-12-9-14(10-13(11-19)15(12)20)16(2,5-3-7-17)6-4-8-18/h9-11,20H,3-8H2,1-2H3. The molecule has 0 atom stereocenters. The molecule has 1 rings (SSSR count). The lowest BCUT2D eigenvalue weighted by Gasteiger charge is -2.31. The Labute approximate surface area is 149 Å². The third-order valence-electron chi connectivity index (χ3n) is 3.88. The molecule has 0 bridgehead atoms. The molecule has 2 nitrogen and oxygen atoms in total. The van der Waals surface area contributed by atoms with Gasteiger partial charge >= 0.3 is 0 Å². The van der Waals surface area contributed by atoms with E-state index in [1.807, 2.05) is 19.1 Å². The number of hydrogen-bond acceptors (Lipinski definition) is 2. The molecule has 0 amide bonds. The van der Waals surface area contributed by atoms with Crippen LogP contribution in [-0.4, -0.2) is 20.2 Å². The summed E-state index contributed by atoms with van der Waals surface area (Å²) in [6, 6.07) is 3.92. The fourth-order valence-corrected chi connectivity index (χ4v) is 3.34. The molecule has 0 fully saturated rings. The van der Waals surface area contributed by atoms with Crippen LogP contribution in [0, 0.1) is 6.92 Å². The minimum Gasteiger partial charge on any atom is -0.507 e. The molecule has 0 aromatic heterocycles. The molecule has 0 heterocycles. The molecular formula is C16H22I2O2. The summed E-state index contributed by atoms with van der Waals surface area (Å²) >= 11 is 4.83. The second-order valence-corrected chi connectivity index (χ2v) is 7.65. The molecule has 0 spiro atoms. The minimum absolute atomic E-state index is 0.0898. The van der Waals surface area contributed by atoms with Crippen molar-refractivity contribution in [2.75, 3.05) is 8.86 Å². The topological polar surface area (TPSA) is 37.3 Å². The number of aldehydes is 1. The highest BCUT2D eigenvalue weighted by Crippen LogP contribution is 2.37. The van der Waals surface area contributed by atoms with Crippen molar-refractivity contribution in [1.82, 2.24) is 0 Å². The van der Waals surface area contributed by atoms with Gasteiger partial charge < -0.3 is 5.11 Å². The summed E-state index contributed by atoms with van der Waals surface area (Å²) in [5, 5.41) is 9.91. The monoisotopic (exact) mass is 500 g/mol. The Bertz CT molecular complexity index is 450. The van der Waals surface area contributed by atoms with E-state index in [9.17, 15) is 9.90 Å². The maximum Gasteiger partial charge on any atom is 0.153 e. The van der Waals surface area contributed by atoms with Crippen LogP contribution in [0.5, 0.6) is 5.75 Å². The quantitative estimate of drug-likeness (QED) is 0.303. The lowest BCUT2D eigenvalue weighted by molar-refractivity contribution is 0.112. The van der Waals surface area contributed by atoms with Crippen molar-refractivity contribution in [2.45, 2.75) is 44.9 Å². The van der Waals surface area contributed by atoms with Crippen LogP contribution in [0.4, 0.5) is 0 Å². The summed E-state index contributed by atoms with van der Waals surface area (Å²) in [6.07, 6.45) is 5.34. The fraction of sp³-hybridized carbons (Fsp3) is 0.562. The number of aryl methyl sites for hydroxylation is 1. The second-order valence-electron chi connectivity index (χ2n) is 5.49. The Kier molecular flexibility index (Phi) is 7.79. The van der Waals surface area contributed by atoms with E-state index < -0.39 is 0 Å². The van der Waals surface area contributed by atoms with Crippen molar-refractivity contribution in [1.29, 1.82) is 0 Å². The van der Waals surface area contributed by atoms with Gasteiger partial charge in [0.05, 0.1) is 5.56 Å². The van der Waals surface area contributed by atoms with Crippen LogP contribution in [-0.2, 0) is 5.41 Å². The van der Waals surface area contributed by atoms with E-state index in [-0.39, 0.29) is 11.2 Å². The van der Waals surface area contributed by atoms with E-state index in [0.717, 1.165) is 33.5 Å². The van der Waals surface area contributed by atoms with E-state index in [2.05, 4.69) is 52.1 Å². The Hall–Kier alpha value is 0.150. The van der Waals surface area contributed by atoms with Crippen LogP contribution in [0.25, 0.3) is 0 Å². The average Bonchev–Trinajstić information content (AvgIpc) is 2.45. The summed E-state index contributed by atoms with van der Waals surface area (Å²) in [7, 11) is 0. The highest BCUT2D eigenvalue weighted by molar-refractivity contribution is 14.1. The highest BCUT2D eigenvalue weighted by atomic mass is 127. The first kappa shape index (κ1) is 18.2. The van der Waals surface area contributed by atoms with Crippen LogP contribution >= 0.6 is 45.2 Å². The average molecular weight is 500 g/mol. The lowest BCUT2D eigenvalue weighted by atomic mass is 9.74. The fourth-order valence-electron chi connectivity index (χ4n) is 2.57. The van der Waals surface area contributed by atoms with Gasteiger partial charge in [-0.2, -0.15) is 0 Å². The Morgan fingerprint density at radius 3 is 2.20 bits per heavy atom. The Morgan fingerprint density at radius 2 is 1.75 bits per heavy atom. The third-order valence-corrected chi connectivity index (χ3v) is 5.40. The van der Waals surface area contributed by atoms with Crippen LogP contribution in [0.2, 0.25) is 0 Å². The van der Waals surface area contributed by atoms with Crippen LogP contribution < -0.4 is 0 Å². The van der Waals surface area contributed by atoms with Crippen molar-refractivity contribution in [3.05, 3.63) is 28.8 Å². The maximum atomic E-state index is 11.1. The van der Waals surface area contributed by atoms with Gasteiger partial charge in [0.2, 0.25) is 0 Å². The van der Waals surface area contributed by atoms with Gasteiger partial charge in [0.25, 0.3) is 0 Å². The number of carbonyl (C=O) groups is 1. The number of carbonyl (C=O) groups excluding carboxylic acids is 1. The first-order chi connectivity index (χ1) is 9.48. The molecule has 0 saturated heterocycles. The van der Waals surface area contributed by atoms with Crippen LogP contribution in [0.3, 0.4) is 0 Å². The maximum absolute atomic E-state index is 11.1. The predicted molar refractivity (Wildman–Crippen MR) is 102 cm³/mol. The smallest absolute Gasteiger partial charge is 0.153 e. The van der Waals surface area contributed by atoms with E-state index in [1.54, 1.807) is 0 Å². The van der Waals surface area contributed by atoms with E-state index >= 15 is 0 Å². The van der Waals surface area contributed by atoms with E-state index in [4.69, 9.17) is 0 Å². The number of hydrogen-bond donors (Lipinski definition) is 1. The van der Waals surface area contributed by atoms with Crippen molar-refractivity contribution >= 4 is 51.5 Å². The van der Waals surface area contributed by atoms with Gasteiger partial charge in [-0.05, 0) is 64.1 Å². The molecule has 0 aliphatic heterocycles.